The molecule has 7 heteroatoms. The summed E-state index contributed by atoms with van der Waals surface area (Å²) >= 11 is 3.32. The summed E-state index contributed by atoms with van der Waals surface area (Å²) in [6, 6.07) is 4.36. The van der Waals surface area contributed by atoms with Crippen LogP contribution in [0.1, 0.15) is 31.7 Å². The number of hydrogen-bond donors (Lipinski definition) is 0. The Kier molecular flexibility index (Phi) is 5.63. The molecule has 0 spiro atoms. The van der Waals surface area contributed by atoms with Crippen LogP contribution < -0.4 is 0 Å². The molecule has 122 valence electrons. The molecule has 0 aliphatic carbocycles. The molecule has 0 amide bonds. The highest BCUT2D eigenvalue weighted by Gasteiger charge is 2.39. The lowest BCUT2D eigenvalue weighted by molar-refractivity contribution is -0.148. The summed E-state index contributed by atoms with van der Waals surface area (Å²) in [7, 11) is -3.74. The van der Waals surface area contributed by atoms with Crippen LogP contribution in [0.25, 0.3) is 0 Å². The Labute approximate surface area is 139 Å². The lowest BCUT2D eigenvalue weighted by Crippen LogP contribution is -2.48. The van der Waals surface area contributed by atoms with Gasteiger partial charge < -0.3 is 4.74 Å². The van der Waals surface area contributed by atoms with Crippen molar-refractivity contribution in [2.45, 2.75) is 44.0 Å². The molecule has 0 saturated carbocycles. The molecular weight excluding hydrogens is 370 g/mol. The molecule has 1 aliphatic rings. The number of halogens is 1. The van der Waals surface area contributed by atoms with E-state index >= 15 is 0 Å². The summed E-state index contributed by atoms with van der Waals surface area (Å²) in [6.45, 7) is 4.20. The van der Waals surface area contributed by atoms with Crippen molar-refractivity contribution in [1.29, 1.82) is 0 Å². The van der Waals surface area contributed by atoms with Gasteiger partial charge in [-0.3, -0.25) is 4.79 Å². The fourth-order valence-corrected chi connectivity index (χ4v) is 5.41. The van der Waals surface area contributed by atoms with E-state index in [0.717, 1.165) is 18.4 Å². The highest BCUT2D eigenvalue weighted by molar-refractivity contribution is 9.10. The Hall–Kier alpha value is -0.920. The smallest absolute Gasteiger partial charge is 0.324 e. The van der Waals surface area contributed by atoms with Gasteiger partial charge in [0.25, 0.3) is 0 Å². The number of hydrogen-bond acceptors (Lipinski definition) is 4. The fourth-order valence-electron chi connectivity index (χ4n) is 2.61. The summed E-state index contributed by atoms with van der Waals surface area (Å²) in [4.78, 5) is 12.3. The number of benzene rings is 1. The quantitative estimate of drug-likeness (QED) is 0.742. The molecule has 0 aromatic heterocycles. The molecule has 1 aliphatic heterocycles. The zero-order valence-corrected chi connectivity index (χ0v) is 15.1. The van der Waals surface area contributed by atoms with E-state index in [1.54, 1.807) is 25.1 Å². The Bertz CT molecular complexity index is 660. The molecule has 0 bridgehead atoms. The molecular formula is C15H20BrNO4S. The minimum absolute atomic E-state index is 0.189. The number of nitrogens with zero attached hydrogens (tertiary/aromatic N) is 1. The summed E-state index contributed by atoms with van der Waals surface area (Å²) in [5, 5.41) is 0. The number of rotatable bonds is 4. The molecule has 1 aromatic rings. The zero-order chi connectivity index (χ0) is 16.3. The molecule has 1 saturated heterocycles. The van der Waals surface area contributed by atoms with E-state index in [1.807, 2.05) is 6.92 Å². The predicted octanol–water partition coefficient (Wildman–Crippen LogP) is 2.86. The van der Waals surface area contributed by atoms with Crippen LogP contribution >= 0.6 is 15.9 Å². The second-order valence-electron chi connectivity index (χ2n) is 5.31. The summed E-state index contributed by atoms with van der Waals surface area (Å²) in [6.07, 6.45) is 2.07. The number of piperidine rings is 1. The van der Waals surface area contributed by atoms with Crippen molar-refractivity contribution in [2.24, 2.45) is 0 Å². The van der Waals surface area contributed by atoms with Crippen molar-refractivity contribution in [1.82, 2.24) is 4.31 Å². The molecule has 0 N–H and O–H groups in total. The van der Waals surface area contributed by atoms with Gasteiger partial charge in [-0.25, -0.2) is 8.42 Å². The van der Waals surface area contributed by atoms with Crippen LogP contribution in [0.4, 0.5) is 0 Å². The van der Waals surface area contributed by atoms with Gasteiger partial charge in [-0.05, 0) is 66.7 Å². The summed E-state index contributed by atoms with van der Waals surface area (Å²) in [5.74, 6) is -0.464. The second-order valence-corrected chi connectivity index (χ2v) is 8.03. The Morgan fingerprint density at radius 2 is 2.14 bits per heavy atom. The molecule has 5 nitrogen and oxygen atoms in total. The molecule has 1 unspecified atom stereocenters. The third-order valence-electron chi connectivity index (χ3n) is 3.69. The third kappa shape index (κ3) is 3.52. The van der Waals surface area contributed by atoms with E-state index in [0.29, 0.717) is 17.4 Å². The van der Waals surface area contributed by atoms with Crippen LogP contribution in [0.15, 0.2) is 27.6 Å². The molecule has 1 heterocycles. The zero-order valence-electron chi connectivity index (χ0n) is 12.7. The average molecular weight is 390 g/mol. The number of ether oxygens (including phenoxy) is 1. The van der Waals surface area contributed by atoms with Crippen molar-refractivity contribution < 1.29 is 17.9 Å². The van der Waals surface area contributed by atoms with E-state index < -0.39 is 22.0 Å². The standard InChI is InChI=1S/C15H20BrNO4S/c1-3-21-15(18)13-6-4-5-9-17(13)22(19,20)14-8-7-11(2)10-12(14)16/h7-8,10,13H,3-6,9H2,1-2H3. The van der Waals surface area contributed by atoms with Gasteiger partial charge in [0.2, 0.25) is 10.0 Å². The lowest BCUT2D eigenvalue weighted by Gasteiger charge is -2.33. The first kappa shape index (κ1) is 17.4. The van der Waals surface area contributed by atoms with Gasteiger partial charge in [-0.1, -0.05) is 6.07 Å². The highest BCUT2D eigenvalue weighted by atomic mass is 79.9. The first-order valence-corrected chi connectivity index (χ1v) is 9.56. The van der Waals surface area contributed by atoms with E-state index in [-0.39, 0.29) is 11.5 Å². The predicted molar refractivity (Wildman–Crippen MR) is 87.0 cm³/mol. The number of sulfonamides is 1. The van der Waals surface area contributed by atoms with Crippen LogP contribution in [0.2, 0.25) is 0 Å². The van der Waals surface area contributed by atoms with Crippen LogP contribution in [0.5, 0.6) is 0 Å². The SMILES string of the molecule is CCOC(=O)C1CCCCN1S(=O)(=O)c1ccc(C)cc1Br. The maximum Gasteiger partial charge on any atom is 0.324 e. The minimum Gasteiger partial charge on any atom is -0.465 e. The average Bonchev–Trinajstić information content (AvgIpc) is 2.47. The number of esters is 1. The van der Waals surface area contributed by atoms with E-state index in [4.69, 9.17) is 4.74 Å². The van der Waals surface area contributed by atoms with Gasteiger partial charge in [-0.15, -0.1) is 0 Å². The molecule has 0 radical (unpaired) electrons. The van der Waals surface area contributed by atoms with Crippen molar-refractivity contribution in [3.63, 3.8) is 0 Å². The van der Waals surface area contributed by atoms with Crippen LogP contribution in [0.3, 0.4) is 0 Å². The van der Waals surface area contributed by atoms with Gasteiger partial charge in [0, 0.05) is 11.0 Å². The normalized spacial score (nSPS) is 19.9. The largest absolute Gasteiger partial charge is 0.465 e. The van der Waals surface area contributed by atoms with Gasteiger partial charge in [0.1, 0.15) is 6.04 Å². The van der Waals surface area contributed by atoms with Crippen LogP contribution in [-0.4, -0.2) is 37.9 Å². The maximum absolute atomic E-state index is 12.9. The molecule has 2 rings (SSSR count). The number of carbonyl (C=O) groups is 1. The van der Waals surface area contributed by atoms with Gasteiger partial charge in [0.15, 0.2) is 0 Å². The second kappa shape index (κ2) is 7.10. The molecule has 22 heavy (non-hydrogen) atoms. The van der Waals surface area contributed by atoms with Crippen molar-refractivity contribution in [3.8, 4) is 0 Å². The number of carbonyl (C=O) groups excluding carboxylic acids is 1. The molecule has 1 fully saturated rings. The minimum atomic E-state index is -3.74. The van der Waals surface area contributed by atoms with Crippen molar-refractivity contribution >= 4 is 31.9 Å². The summed E-state index contributed by atoms with van der Waals surface area (Å²) in [5.41, 5.74) is 0.964. The third-order valence-corrected chi connectivity index (χ3v) is 6.57. The van der Waals surface area contributed by atoms with Gasteiger partial charge >= 0.3 is 5.97 Å². The molecule has 1 atom stereocenters. The van der Waals surface area contributed by atoms with Gasteiger partial charge in [0.05, 0.1) is 11.5 Å². The van der Waals surface area contributed by atoms with E-state index in [9.17, 15) is 13.2 Å². The maximum atomic E-state index is 12.9. The monoisotopic (exact) mass is 389 g/mol. The fraction of sp³-hybridized carbons (Fsp3) is 0.533. The first-order chi connectivity index (χ1) is 10.4. The van der Waals surface area contributed by atoms with Crippen LogP contribution in [0, 0.1) is 6.92 Å². The van der Waals surface area contributed by atoms with Crippen molar-refractivity contribution in [3.05, 3.63) is 28.2 Å². The Balaban J connectivity index is 2.38. The number of aryl methyl sites for hydroxylation is 1. The van der Waals surface area contributed by atoms with Crippen molar-refractivity contribution in [2.75, 3.05) is 13.2 Å². The topological polar surface area (TPSA) is 63.7 Å². The first-order valence-electron chi connectivity index (χ1n) is 7.32. The summed E-state index contributed by atoms with van der Waals surface area (Å²) < 4.78 is 32.7. The highest BCUT2D eigenvalue weighted by Crippen LogP contribution is 2.30. The Morgan fingerprint density at radius 3 is 2.77 bits per heavy atom. The van der Waals surface area contributed by atoms with E-state index in [2.05, 4.69) is 15.9 Å². The molecule has 1 aromatic carbocycles. The van der Waals surface area contributed by atoms with Gasteiger partial charge in [-0.2, -0.15) is 4.31 Å². The van der Waals surface area contributed by atoms with E-state index in [1.165, 1.54) is 4.31 Å². The lowest BCUT2D eigenvalue weighted by atomic mass is 10.1. The Morgan fingerprint density at radius 1 is 1.41 bits per heavy atom. The van der Waals surface area contributed by atoms with Crippen LogP contribution in [-0.2, 0) is 19.6 Å².